The molecule has 0 radical (unpaired) electrons. The highest BCUT2D eigenvalue weighted by Gasteiger charge is 2.29. The molecule has 0 saturated carbocycles. The van der Waals surface area contributed by atoms with Crippen molar-refractivity contribution in [2.24, 2.45) is 0 Å². The third-order valence-corrected chi connectivity index (χ3v) is 2.34. The number of carbonyl (C=O) groups excluding carboxylic acids is 1. The highest BCUT2D eigenvalue weighted by molar-refractivity contribution is 5.94. The Hall–Kier alpha value is -0.990. The van der Waals surface area contributed by atoms with Crippen LogP contribution in [0, 0.1) is 0 Å². The molecule has 0 aliphatic carbocycles. The third-order valence-electron chi connectivity index (χ3n) is 2.34. The minimum atomic E-state index is 0.0978. The molecule has 0 aromatic rings. The summed E-state index contributed by atoms with van der Waals surface area (Å²) in [6.45, 7) is 3.94. The van der Waals surface area contributed by atoms with Crippen molar-refractivity contribution in [3.8, 4) is 0 Å². The second-order valence-electron chi connectivity index (χ2n) is 3.13. The smallest absolute Gasteiger partial charge is 0.267 e. The monoisotopic (exact) mass is 152 g/mol. The van der Waals surface area contributed by atoms with Crippen LogP contribution in [-0.4, -0.2) is 29.9 Å². The second-order valence-corrected chi connectivity index (χ2v) is 3.13. The molecule has 0 bridgehead atoms. The van der Waals surface area contributed by atoms with Crippen molar-refractivity contribution in [3.63, 3.8) is 0 Å². The van der Waals surface area contributed by atoms with Crippen molar-refractivity contribution in [1.29, 1.82) is 0 Å². The van der Waals surface area contributed by atoms with E-state index in [9.17, 15) is 4.79 Å². The molecule has 2 aliphatic heterocycles. The second kappa shape index (κ2) is 2.26. The number of amides is 1. The molecule has 2 heterocycles. The molecule has 3 nitrogen and oxygen atoms in total. The SMILES string of the molecule is C[C@@H]1CNC(=O)C2=CCCN21. The zero-order valence-corrected chi connectivity index (χ0v) is 6.63. The number of rotatable bonds is 0. The van der Waals surface area contributed by atoms with Gasteiger partial charge in [0.25, 0.3) is 5.91 Å². The average molecular weight is 152 g/mol. The molecule has 1 saturated heterocycles. The summed E-state index contributed by atoms with van der Waals surface area (Å²) in [5.74, 6) is 0.0978. The molecule has 0 aromatic carbocycles. The van der Waals surface area contributed by atoms with Gasteiger partial charge in [0.05, 0.1) is 5.70 Å². The Morgan fingerprint density at radius 1 is 1.73 bits per heavy atom. The van der Waals surface area contributed by atoms with Gasteiger partial charge >= 0.3 is 0 Å². The standard InChI is InChI=1S/C8H12N2O/c1-6-5-9-8(11)7-3-2-4-10(6)7/h3,6H,2,4-5H2,1H3,(H,9,11)/t6-/m1/s1. The molecular formula is C8H12N2O. The summed E-state index contributed by atoms with van der Waals surface area (Å²) in [6, 6.07) is 0.474. The summed E-state index contributed by atoms with van der Waals surface area (Å²) in [5.41, 5.74) is 0.878. The maximum absolute atomic E-state index is 11.2. The first kappa shape index (κ1) is 6.70. The summed E-state index contributed by atoms with van der Waals surface area (Å²) >= 11 is 0. The van der Waals surface area contributed by atoms with Crippen LogP contribution in [0.25, 0.3) is 0 Å². The van der Waals surface area contributed by atoms with Crippen molar-refractivity contribution in [1.82, 2.24) is 10.2 Å². The molecule has 0 aromatic heterocycles. The molecule has 11 heavy (non-hydrogen) atoms. The Balaban J connectivity index is 2.24. The molecular weight excluding hydrogens is 140 g/mol. The molecule has 1 fully saturated rings. The quantitative estimate of drug-likeness (QED) is 0.533. The fourth-order valence-electron chi connectivity index (χ4n) is 1.70. The van der Waals surface area contributed by atoms with Crippen LogP contribution in [0.3, 0.4) is 0 Å². The lowest BCUT2D eigenvalue weighted by Crippen LogP contribution is -2.49. The van der Waals surface area contributed by atoms with Crippen molar-refractivity contribution in [3.05, 3.63) is 11.8 Å². The van der Waals surface area contributed by atoms with E-state index >= 15 is 0 Å². The Morgan fingerprint density at radius 3 is 3.27 bits per heavy atom. The maximum Gasteiger partial charge on any atom is 0.267 e. The molecule has 60 valence electrons. The minimum absolute atomic E-state index is 0.0978. The van der Waals surface area contributed by atoms with Gasteiger partial charge in [0.15, 0.2) is 0 Å². The number of fused-ring (bicyclic) bond motifs is 1. The zero-order chi connectivity index (χ0) is 7.84. The number of nitrogens with zero attached hydrogens (tertiary/aromatic N) is 1. The lowest BCUT2D eigenvalue weighted by Gasteiger charge is -2.33. The molecule has 0 spiro atoms. The first-order chi connectivity index (χ1) is 5.29. The first-order valence-electron chi connectivity index (χ1n) is 4.04. The van der Waals surface area contributed by atoms with Crippen molar-refractivity contribution >= 4 is 5.91 Å². The number of hydrogen-bond donors (Lipinski definition) is 1. The van der Waals surface area contributed by atoms with Crippen LogP contribution in [0.5, 0.6) is 0 Å². The summed E-state index contributed by atoms with van der Waals surface area (Å²) in [4.78, 5) is 13.4. The lowest BCUT2D eigenvalue weighted by atomic mass is 10.2. The molecule has 2 aliphatic rings. The van der Waals surface area contributed by atoms with Gasteiger partial charge in [-0.1, -0.05) is 6.08 Å². The predicted octanol–water partition coefficient (Wildman–Crippen LogP) is 0.0943. The fourth-order valence-corrected chi connectivity index (χ4v) is 1.70. The van der Waals surface area contributed by atoms with Crippen molar-refractivity contribution in [2.45, 2.75) is 19.4 Å². The Labute approximate surface area is 66.1 Å². The van der Waals surface area contributed by atoms with E-state index in [0.717, 1.165) is 25.2 Å². The van der Waals surface area contributed by atoms with Crippen LogP contribution >= 0.6 is 0 Å². The molecule has 1 atom stereocenters. The van der Waals surface area contributed by atoms with Gasteiger partial charge in [-0.3, -0.25) is 4.79 Å². The lowest BCUT2D eigenvalue weighted by molar-refractivity contribution is -0.120. The van der Waals surface area contributed by atoms with Gasteiger partial charge in [-0.15, -0.1) is 0 Å². The largest absolute Gasteiger partial charge is 0.363 e. The molecule has 2 rings (SSSR count). The highest BCUT2D eigenvalue weighted by Crippen LogP contribution is 2.20. The van der Waals surface area contributed by atoms with Crippen molar-refractivity contribution in [2.75, 3.05) is 13.1 Å². The number of piperazine rings is 1. The summed E-state index contributed by atoms with van der Waals surface area (Å²) < 4.78 is 0. The molecule has 1 amide bonds. The van der Waals surface area contributed by atoms with Crippen LogP contribution in [-0.2, 0) is 4.79 Å². The van der Waals surface area contributed by atoms with E-state index in [4.69, 9.17) is 0 Å². The van der Waals surface area contributed by atoms with Gasteiger partial charge in [0, 0.05) is 19.1 Å². The van der Waals surface area contributed by atoms with E-state index < -0.39 is 0 Å². The van der Waals surface area contributed by atoms with E-state index in [-0.39, 0.29) is 5.91 Å². The maximum atomic E-state index is 11.2. The minimum Gasteiger partial charge on any atom is -0.363 e. The van der Waals surface area contributed by atoms with Gasteiger partial charge in [0.2, 0.25) is 0 Å². The summed E-state index contributed by atoms with van der Waals surface area (Å²) in [7, 11) is 0. The van der Waals surface area contributed by atoms with Crippen LogP contribution in [0.1, 0.15) is 13.3 Å². The summed E-state index contributed by atoms with van der Waals surface area (Å²) in [5, 5.41) is 2.85. The van der Waals surface area contributed by atoms with Crippen LogP contribution < -0.4 is 5.32 Å². The van der Waals surface area contributed by atoms with Crippen LogP contribution in [0.15, 0.2) is 11.8 Å². The fraction of sp³-hybridized carbons (Fsp3) is 0.625. The Bertz CT molecular complexity index is 222. The molecule has 0 unspecified atom stereocenters. The van der Waals surface area contributed by atoms with E-state index in [1.165, 1.54) is 0 Å². The number of hydrogen-bond acceptors (Lipinski definition) is 2. The highest BCUT2D eigenvalue weighted by atomic mass is 16.2. The van der Waals surface area contributed by atoms with E-state index in [2.05, 4.69) is 17.1 Å². The van der Waals surface area contributed by atoms with Gasteiger partial charge in [-0.05, 0) is 13.3 Å². The van der Waals surface area contributed by atoms with Crippen LogP contribution in [0.2, 0.25) is 0 Å². The van der Waals surface area contributed by atoms with Crippen molar-refractivity contribution < 1.29 is 4.79 Å². The molecule has 1 N–H and O–H groups in total. The van der Waals surface area contributed by atoms with Gasteiger partial charge < -0.3 is 10.2 Å². The number of nitrogens with one attached hydrogen (secondary N) is 1. The van der Waals surface area contributed by atoms with Gasteiger partial charge in [-0.2, -0.15) is 0 Å². The number of carbonyl (C=O) groups is 1. The normalized spacial score (nSPS) is 29.5. The Kier molecular flexibility index (Phi) is 1.37. The topological polar surface area (TPSA) is 32.3 Å². The average Bonchev–Trinajstić information content (AvgIpc) is 2.45. The Morgan fingerprint density at radius 2 is 2.55 bits per heavy atom. The zero-order valence-electron chi connectivity index (χ0n) is 6.63. The van der Waals surface area contributed by atoms with Crippen LogP contribution in [0.4, 0.5) is 0 Å². The van der Waals surface area contributed by atoms with Gasteiger partial charge in [0.1, 0.15) is 0 Å². The predicted molar refractivity (Wildman–Crippen MR) is 41.9 cm³/mol. The molecule has 3 heteroatoms. The van der Waals surface area contributed by atoms with E-state index in [1.54, 1.807) is 0 Å². The summed E-state index contributed by atoms with van der Waals surface area (Å²) in [6.07, 6.45) is 3.04. The third kappa shape index (κ3) is 0.914. The van der Waals surface area contributed by atoms with E-state index in [0.29, 0.717) is 6.04 Å². The van der Waals surface area contributed by atoms with E-state index in [1.807, 2.05) is 6.08 Å². The first-order valence-corrected chi connectivity index (χ1v) is 4.04. The van der Waals surface area contributed by atoms with Gasteiger partial charge in [-0.25, -0.2) is 0 Å².